The van der Waals surface area contributed by atoms with Gasteiger partial charge in [0, 0.05) is 10.9 Å². The molecule has 0 bridgehead atoms. The van der Waals surface area contributed by atoms with Gasteiger partial charge in [-0.05, 0) is 68.5 Å². The molecule has 0 radical (unpaired) electrons. The molecule has 7 rings (SSSR count). The first-order valence-corrected chi connectivity index (χ1v) is 17.4. The molecular formula is C30H26F3N5O4S3. The van der Waals surface area contributed by atoms with E-state index in [9.17, 15) is 31.2 Å². The summed E-state index contributed by atoms with van der Waals surface area (Å²) in [7, 11) is -5.88. The van der Waals surface area contributed by atoms with Gasteiger partial charge in [0.25, 0.3) is 5.91 Å². The number of fused-ring (bicyclic) bond motifs is 7. The molecule has 4 aromatic heterocycles. The van der Waals surface area contributed by atoms with E-state index in [2.05, 4.69) is 10.3 Å². The molecule has 1 saturated carbocycles. The lowest BCUT2D eigenvalue weighted by atomic mass is 9.83. The van der Waals surface area contributed by atoms with Crippen molar-refractivity contribution in [3.63, 3.8) is 0 Å². The number of sulfonamides is 1. The molecule has 45 heavy (non-hydrogen) atoms. The minimum Gasteiger partial charge on any atom is -0.330 e. The zero-order valence-electron chi connectivity index (χ0n) is 24.0. The first kappa shape index (κ1) is 29.9. The Kier molecular flexibility index (Phi) is 7.05. The standard InChI is InChI=1S/C30H26F3N5O4S3/c1-14-27(43-15(2)34-14)20-11-8-17-19(35-20)10-9-18-25(17)36-23(39)13-38-21-12-22(29(40)37-45(41,42)30(31,32)33)44-28(21)24(26(18)38)16-6-4-3-5-7-16/h8-12,16H,3-7,13H2,1-2H3,(H,36,39)(H,37,40). The van der Waals surface area contributed by atoms with E-state index in [1.165, 1.54) is 6.07 Å². The summed E-state index contributed by atoms with van der Waals surface area (Å²) in [6, 6.07) is 9.07. The first-order valence-electron chi connectivity index (χ1n) is 14.3. The lowest BCUT2D eigenvalue weighted by Crippen LogP contribution is -2.39. The average Bonchev–Trinajstić information content (AvgIpc) is 3.61. The van der Waals surface area contributed by atoms with E-state index < -0.39 is 21.4 Å². The zero-order valence-corrected chi connectivity index (χ0v) is 26.5. The molecule has 1 aromatic carbocycles. The van der Waals surface area contributed by atoms with Crippen LogP contribution in [0.1, 0.15) is 64.0 Å². The van der Waals surface area contributed by atoms with Gasteiger partial charge in [-0.15, -0.1) is 22.7 Å². The predicted molar refractivity (Wildman–Crippen MR) is 168 cm³/mol. The molecular weight excluding hydrogens is 648 g/mol. The largest absolute Gasteiger partial charge is 0.516 e. The summed E-state index contributed by atoms with van der Waals surface area (Å²) >= 11 is 2.51. The number of hydrogen-bond acceptors (Lipinski definition) is 8. The van der Waals surface area contributed by atoms with Crippen molar-refractivity contribution in [3.05, 3.63) is 51.5 Å². The molecule has 2 N–H and O–H groups in total. The Bertz CT molecular complexity index is 2160. The van der Waals surface area contributed by atoms with Crippen LogP contribution in [-0.2, 0) is 21.4 Å². The molecule has 15 heteroatoms. The molecule has 9 nitrogen and oxygen atoms in total. The molecule has 1 aliphatic carbocycles. The Labute approximate surface area is 263 Å². The quantitative estimate of drug-likeness (QED) is 0.207. The smallest absolute Gasteiger partial charge is 0.330 e. The number of amides is 2. The third kappa shape index (κ3) is 5.00. The summed E-state index contributed by atoms with van der Waals surface area (Å²) in [6.45, 7) is 3.79. The maximum absolute atomic E-state index is 13.4. The van der Waals surface area contributed by atoms with Crippen LogP contribution in [0, 0.1) is 13.8 Å². The topological polar surface area (TPSA) is 123 Å². The van der Waals surface area contributed by atoms with Crippen molar-refractivity contribution in [2.45, 2.75) is 63.9 Å². The van der Waals surface area contributed by atoms with E-state index in [1.807, 2.05) is 38.1 Å². The van der Waals surface area contributed by atoms with E-state index >= 15 is 0 Å². The highest BCUT2D eigenvalue weighted by atomic mass is 32.2. The maximum atomic E-state index is 13.4. The number of carbonyl (C=O) groups is 2. The van der Waals surface area contributed by atoms with Crippen LogP contribution in [0.3, 0.4) is 0 Å². The highest BCUT2D eigenvalue weighted by molar-refractivity contribution is 7.90. The number of thiophene rings is 1. The molecule has 5 heterocycles. The Balaban J connectivity index is 1.41. The second-order valence-corrected chi connectivity index (χ2v) is 15.3. The number of nitrogens with zero attached hydrogens (tertiary/aromatic N) is 3. The minimum atomic E-state index is -5.88. The van der Waals surface area contributed by atoms with Gasteiger partial charge in [-0.1, -0.05) is 19.3 Å². The van der Waals surface area contributed by atoms with Gasteiger partial charge in [-0.2, -0.15) is 21.6 Å². The first-order chi connectivity index (χ1) is 21.3. The number of carbonyl (C=O) groups excluding carboxylic acids is 2. The molecule has 0 unspecified atom stereocenters. The van der Waals surface area contributed by atoms with Gasteiger partial charge >= 0.3 is 15.5 Å². The lowest BCUT2D eigenvalue weighted by molar-refractivity contribution is -0.116. The Hall–Kier alpha value is -3.82. The van der Waals surface area contributed by atoms with Crippen molar-refractivity contribution in [2.24, 2.45) is 0 Å². The second kappa shape index (κ2) is 10.6. The Morgan fingerprint density at radius 1 is 1.07 bits per heavy atom. The van der Waals surface area contributed by atoms with E-state index in [4.69, 9.17) is 4.98 Å². The number of rotatable bonds is 4. The number of anilines is 1. The fraction of sp³-hybridized carbons (Fsp3) is 0.333. The average molecular weight is 674 g/mol. The number of halogens is 3. The van der Waals surface area contributed by atoms with Crippen molar-refractivity contribution in [1.82, 2.24) is 19.3 Å². The van der Waals surface area contributed by atoms with Gasteiger partial charge in [0.2, 0.25) is 5.91 Å². The third-order valence-electron chi connectivity index (χ3n) is 8.37. The van der Waals surface area contributed by atoms with Crippen LogP contribution in [0.4, 0.5) is 18.9 Å². The molecule has 2 amide bonds. The minimum absolute atomic E-state index is 0.0840. The number of thiazole rings is 1. The predicted octanol–water partition coefficient (Wildman–Crippen LogP) is 7.24. The number of hydrogen-bond donors (Lipinski definition) is 2. The molecule has 1 fully saturated rings. The molecule has 0 saturated heterocycles. The van der Waals surface area contributed by atoms with E-state index in [0.29, 0.717) is 21.4 Å². The molecule has 0 spiro atoms. The van der Waals surface area contributed by atoms with Gasteiger partial charge in [-0.3, -0.25) is 9.59 Å². The van der Waals surface area contributed by atoms with Crippen LogP contribution in [0.15, 0.2) is 30.3 Å². The van der Waals surface area contributed by atoms with Crippen LogP contribution in [0.25, 0.3) is 42.9 Å². The van der Waals surface area contributed by atoms with Gasteiger partial charge < -0.3 is 9.88 Å². The molecule has 2 aliphatic rings. The molecule has 0 atom stereocenters. The highest BCUT2D eigenvalue weighted by Gasteiger charge is 2.47. The maximum Gasteiger partial charge on any atom is 0.516 e. The van der Waals surface area contributed by atoms with Crippen molar-refractivity contribution in [3.8, 4) is 21.8 Å². The van der Waals surface area contributed by atoms with Crippen LogP contribution >= 0.6 is 22.7 Å². The summed E-state index contributed by atoms with van der Waals surface area (Å²) in [5.74, 6) is -1.60. The van der Waals surface area contributed by atoms with Crippen molar-refractivity contribution < 1.29 is 31.2 Å². The van der Waals surface area contributed by atoms with Crippen LogP contribution in [0.2, 0.25) is 0 Å². The highest BCUT2D eigenvalue weighted by Crippen LogP contribution is 2.50. The summed E-state index contributed by atoms with van der Waals surface area (Å²) in [5.41, 5.74) is 0.372. The monoisotopic (exact) mass is 673 g/mol. The molecule has 1 aliphatic heterocycles. The van der Waals surface area contributed by atoms with Crippen molar-refractivity contribution in [1.29, 1.82) is 0 Å². The van der Waals surface area contributed by atoms with Crippen molar-refractivity contribution >= 4 is 71.3 Å². The number of nitrogens with one attached hydrogen (secondary N) is 2. The fourth-order valence-corrected chi connectivity index (χ4v) is 9.07. The van der Waals surface area contributed by atoms with Crippen LogP contribution in [0.5, 0.6) is 0 Å². The number of aromatic nitrogens is 3. The molecule has 234 valence electrons. The van der Waals surface area contributed by atoms with E-state index in [1.54, 1.807) is 15.9 Å². The number of aryl methyl sites for hydroxylation is 2. The SMILES string of the molecule is Cc1nc(C)c(-c2ccc3c4c(ccc3n2)-c2c(C3CCCCC3)c3sc(C(=O)NS(=O)(=O)C(F)(F)F)cc3n2CC(=O)N4)s1. The second-order valence-electron chi connectivity index (χ2n) is 11.3. The number of benzene rings is 1. The summed E-state index contributed by atoms with van der Waals surface area (Å²) in [4.78, 5) is 36.4. The van der Waals surface area contributed by atoms with Crippen molar-refractivity contribution in [2.75, 3.05) is 5.32 Å². The van der Waals surface area contributed by atoms with E-state index in [0.717, 1.165) is 91.6 Å². The Morgan fingerprint density at radius 2 is 1.82 bits per heavy atom. The van der Waals surface area contributed by atoms with Crippen LogP contribution in [-0.4, -0.2) is 40.3 Å². The third-order valence-corrected chi connectivity index (χ3v) is 11.7. The summed E-state index contributed by atoms with van der Waals surface area (Å²) < 4.78 is 65.9. The van der Waals surface area contributed by atoms with Gasteiger partial charge in [-0.25, -0.2) is 14.7 Å². The van der Waals surface area contributed by atoms with Gasteiger partial charge in [0.15, 0.2) is 0 Å². The number of pyridine rings is 1. The normalized spacial score (nSPS) is 16.0. The van der Waals surface area contributed by atoms with Gasteiger partial charge in [0.05, 0.1) is 53.3 Å². The summed E-state index contributed by atoms with van der Waals surface area (Å²) in [6.07, 6.45) is 4.80. The van der Waals surface area contributed by atoms with E-state index in [-0.39, 0.29) is 23.2 Å². The van der Waals surface area contributed by atoms with Gasteiger partial charge in [0.1, 0.15) is 6.54 Å². The molecule has 5 aromatic rings. The Morgan fingerprint density at radius 3 is 2.51 bits per heavy atom. The summed E-state index contributed by atoms with van der Waals surface area (Å²) in [5, 5.41) is 4.76. The zero-order chi connectivity index (χ0) is 31.8. The van der Waals surface area contributed by atoms with Crippen LogP contribution < -0.4 is 10.0 Å². The lowest BCUT2D eigenvalue weighted by Gasteiger charge is -2.23. The fourth-order valence-electron chi connectivity index (χ4n) is 6.47. The number of alkyl halides is 3.